The van der Waals surface area contributed by atoms with Crippen LogP contribution in [0.1, 0.15) is 34.2 Å². The minimum Gasteiger partial charge on any atom is -0.354 e. The molecule has 5 heteroatoms. The normalized spacial score (nSPS) is 10.7. The number of amides is 1. The molecule has 18 heavy (non-hydrogen) atoms. The van der Waals surface area contributed by atoms with Crippen molar-refractivity contribution in [3.8, 4) is 0 Å². The van der Waals surface area contributed by atoms with Crippen molar-refractivity contribution in [2.45, 2.75) is 27.2 Å². The van der Waals surface area contributed by atoms with E-state index in [4.69, 9.17) is 4.52 Å². The number of nitrogens with zero attached hydrogens (tertiary/aromatic N) is 2. The minimum atomic E-state index is -0.168. The summed E-state index contributed by atoms with van der Waals surface area (Å²) < 4.78 is 7.04. The Labute approximate surface area is 106 Å². The van der Waals surface area contributed by atoms with Crippen molar-refractivity contribution < 1.29 is 9.32 Å². The Bertz CT molecular complexity index is 581. The molecule has 2 aromatic rings. The van der Waals surface area contributed by atoms with Gasteiger partial charge in [-0.05, 0) is 26.3 Å². The van der Waals surface area contributed by atoms with Crippen molar-refractivity contribution in [2.24, 2.45) is 7.05 Å². The van der Waals surface area contributed by atoms with Gasteiger partial charge in [-0.15, -0.1) is 0 Å². The predicted octanol–water partition coefficient (Wildman–Crippen LogP) is 2.44. The van der Waals surface area contributed by atoms with E-state index in [1.54, 1.807) is 6.07 Å². The van der Waals surface area contributed by atoms with Gasteiger partial charge in [-0.1, -0.05) is 12.1 Å². The molecule has 2 heterocycles. The number of nitrogens with one attached hydrogen (secondary N) is 1. The number of aryl methyl sites for hydroxylation is 2. The van der Waals surface area contributed by atoms with Gasteiger partial charge in [-0.3, -0.25) is 10.1 Å². The van der Waals surface area contributed by atoms with Gasteiger partial charge in [0, 0.05) is 24.5 Å². The Morgan fingerprint density at radius 1 is 1.50 bits per heavy atom. The Kier molecular flexibility index (Phi) is 3.23. The maximum atomic E-state index is 12.1. The van der Waals surface area contributed by atoms with E-state index in [2.05, 4.69) is 10.5 Å². The quantitative estimate of drug-likeness (QED) is 0.906. The van der Waals surface area contributed by atoms with Gasteiger partial charge in [0.15, 0.2) is 0 Å². The molecule has 96 valence electrons. The molecule has 0 bridgehead atoms. The van der Waals surface area contributed by atoms with Crippen LogP contribution in [0.15, 0.2) is 16.8 Å². The Morgan fingerprint density at radius 2 is 2.22 bits per heavy atom. The fraction of sp³-hybridized carbons (Fsp3) is 0.385. The molecule has 0 aliphatic rings. The van der Waals surface area contributed by atoms with Gasteiger partial charge in [0.25, 0.3) is 5.91 Å². The highest BCUT2D eigenvalue weighted by atomic mass is 16.5. The number of hydrogen-bond donors (Lipinski definition) is 1. The van der Waals surface area contributed by atoms with Crippen molar-refractivity contribution in [2.75, 3.05) is 5.32 Å². The number of carbonyl (C=O) groups excluding carboxylic acids is 1. The van der Waals surface area contributed by atoms with Gasteiger partial charge in [-0.2, -0.15) is 0 Å². The molecule has 0 unspecified atom stereocenters. The Balaban J connectivity index is 2.24. The highest BCUT2D eigenvalue weighted by Crippen LogP contribution is 2.21. The fourth-order valence-corrected chi connectivity index (χ4v) is 1.92. The third kappa shape index (κ3) is 2.03. The summed E-state index contributed by atoms with van der Waals surface area (Å²) in [4.78, 5) is 12.1. The molecule has 0 saturated carbocycles. The summed E-state index contributed by atoms with van der Waals surface area (Å²) in [7, 11) is 1.90. The molecule has 0 atom stereocenters. The molecule has 2 rings (SSSR count). The smallest absolute Gasteiger partial charge is 0.259 e. The largest absolute Gasteiger partial charge is 0.354 e. The summed E-state index contributed by atoms with van der Waals surface area (Å²) in [5.41, 5.74) is 3.32. The van der Waals surface area contributed by atoms with E-state index in [0.29, 0.717) is 11.4 Å². The zero-order chi connectivity index (χ0) is 13.3. The van der Waals surface area contributed by atoms with Crippen molar-refractivity contribution in [3.05, 3.63) is 34.8 Å². The van der Waals surface area contributed by atoms with E-state index in [9.17, 15) is 4.79 Å². The van der Waals surface area contributed by atoms with E-state index < -0.39 is 0 Å². The van der Waals surface area contributed by atoms with Crippen LogP contribution in [-0.4, -0.2) is 15.6 Å². The second-order valence-corrected chi connectivity index (χ2v) is 4.31. The molecular formula is C13H17N3O2. The number of anilines is 1. The van der Waals surface area contributed by atoms with Gasteiger partial charge < -0.3 is 9.09 Å². The van der Waals surface area contributed by atoms with E-state index in [1.165, 1.54) is 0 Å². The zero-order valence-corrected chi connectivity index (χ0v) is 11.1. The molecule has 0 fully saturated rings. The Morgan fingerprint density at radius 3 is 2.78 bits per heavy atom. The van der Waals surface area contributed by atoms with Crippen LogP contribution in [0.3, 0.4) is 0 Å². The van der Waals surface area contributed by atoms with E-state index in [-0.39, 0.29) is 5.91 Å². The second-order valence-electron chi connectivity index (χ2n) is 4.31. The van der Waals surface area contributed by atoms with E-state index >= 15 is 0 Å². The highest BCUT2D eigenvalue weighted by molar-refractivity contribution is 6.04. The SMILES string of the molecule is CCc1c(C)noc1NC(=O)c1ccn(C)c1C. The van der Waals surface area contributed by atoms with Gasteiger partial charge in [0.2, 0.25) is 5.88 Å². The van der Waals surface area contributed by atoms with Crippen LogP contribution in [-0.2, 0) is 13.5 Å². The third-order valence-electron chi connectivity index (χ3n) is 3.19. The van der Waals surface area contributed by atoms with Crippen LogP contribution in [0, 0.1) is 13.8 Å². The molecule has 1 amide bonds. The van der Waals surface area contributed by atoms with Crippen molar-refractivity contribution in [1.82, 2.24) is 9.72 Å². The van der Waals surface area contributed by atoms with Crippen LogP contribution < -0.4 is 5.32 Å². The number of aromatic nitrogens is 2. The predicted molar refractivity (Wildman–Crippen MR) is 68.7 cm³/mol. The number of rotatable bonds is 3. The summed E-state index contributed by atoms with van der Waals surface area (Å²) in [5.74, 6) is 0.280. The summed E-state index contributed by atoms with van der Waals surface area (Å²) in [6.45, 7) is 5.77. The van der Waals surface area contributed by atoms with Gasteiger partial charge in [0.05, 0.1) is 11.3 Å². The van der Waals surface area contributed by atoms with Gasteiger partial charge in [0.1, 0.15) is 0 Å². The molecule has 0 aromatic carbocycles. The third-order valence-corrected chi connectivity index (χ3v) is 3.19. The van der Waals surface area contributed by atoms with Gasteiger partial charge >= 0.3 is 0 Å². The van der Waals surface area contributed by atoms with Crippen molar-refractivity contribution >= 4 is 11.8 Å². The van der Waals surface area contributed by atoms with E-state index in [1.807, 2.05) is 38.6 Å². The van der Waals surface area contributed by atoms with Crippen LogP contribution >= 0.6 is 0 Å². The second kappa shape index (κ2) is 4.68. The monoisotopic (exact) mass is 247 g/mol. The first-order chi connectivity index (χ1) is 8.54. The first-order valence-electron chi connectivity index (χ1n) is 5.93. The van der Waals surface area contributed by atoms with Crippen molar-refractivity contribution in [3.63, 3.8) is 0 Å². The minimum absolute atomic E-state index is 0.168. The average Bonchev–Trinajstić information content (AvgIpc) is 2.84. The molecule has 0 saturated heterocycles. The average molecular weight is 247 g/mol. The standard InChI is InChI=1S/C13H17N3O2/c1-5-10-8(2)15-18-13(10)14-12(17)11-6-7-16(4)9(11)3/h6-7H,5H2,1-4H3,(H,14,17). The van der Waals surface area contributed by atoms with Crippen LogP contribution in [0.25, 0.3) is 0 Å². The topological polar surface area (TPSA) is 60.1 Å². The van der Waals surface area contributed by atoms with Crippen LogP contribution in [0.4, 0.5) is 5.88 Å². The molecule has 2 aromatic heterocycles. The lowest BCUT2D eigenvalue weighted by atomic mass is 10.2. The maximum Gasteiger partial charge on any atom is 0.259 e. The molecule has 5 nitrogen and oxygen atoms in total. The number of hydrogen-bond acceptors (Lipinski definition) is 3. The lowest BCUT2D eigenvalue weighted by molar-refractivity contribution is 0.102. The molecule has 0 aliphatic carbocycles. The first-order valence-corrected chi connectivity index (χ1v) is 5.93. The molecular weight excluding hydrogens is 230 g/mol. The van der Waals surface area contributed by atoms with Crippen LogP contribution in [0.5, 0.6) is 0 Å². The molecule has 0 spiro atoms. The summed E-state index contributed by atoms with van der Waals surface area (Å²) >= 11 is 0. The highest BCUT2D eigenvalue weighted by Gasteiger charge is 2.17. The zero-order valence-electron chi connectivity index (χ0n) is 11.1. The summed E-state index contributed by atoms with van der Waals surface area (Å²) in [6, 6.07) is 1.79. The van der Waals surface area contributed by atoms with Crippen LogP contribution in [0.2, 0.25) is 0 Å². The van der Waals surface area contributed by atoms with Gasteiger partial charge in [-0.25, -0.2) is 0 Å². The van der Waals surface area contributed by atoms with E-state index in [0.717, 1.165) is 23.4 Å². The first kappa shape index (κ1) is 12.4. The number of carbonyl (C=O) groups is 1. The summed E-state index contributed by atoms with van der Waals surface area (Å²) in [5, 5.41) is 6.64. The maximum absolute atomic E-state index is 12.1. The Hall–Kier alpha value is -2.04. The molecule has 0 radical (unpaired) electrons. The summed E-state index contributed by atoms with van der Waals surface area (Å²) in [6.07, 6.45) is 2.63. The lowest BCUT2D eigenvalue weighted by Gasteiger charge is -2.03. The lowest BCUT2D eigenvalue weighted by Crippen LogP contribution is -2.13. The molecule has 1 N–H and O–H groups in total. The fourth-order valence-electron chi connectivity index (χ4n) is 1.92. The van der Waals surface area contributed by atoms with Crippen molar-refractivity contribution in [1.29, 1.82) is 0 Å². The molecule has 0 aliphatic heterocycles.